The van der Waals surface area contributed by atoms with Crippen LogP contribution in [0.3, 0.4) is 0 Å². The van der Waals surface area contributed by atoms with Gasteiger partial charge in [0.15, 0.2) is 6.23 Å². The number of benzene rings is 2. The van der Waals surface area contributed by atoms with E-state index in [1.807, 2.05) is 48.5 Å². The van der Waals surface area contributed by atoms with E-state index in [0.29, 0.717) is 33.7 Å². The summed E-state index contributed by atoms with van der Waals surface area (Å²) in [6, 6.07) is 17.2. The standard InChI is InChI=1S/C26H22Cl2N6O2/c1-35-19-9-15(8-17(10-19)32-12-16-4-2-3-7-31-16)25-20-11-18(5-6-23(20)33-34-25)36-26(29)24-21(27)13-30-14-22(24)28/h2-11,13-14,26,32H,12,29H2,1H3,(H,33,34)/t26-/m0/s1. The van der Waals surface area contributed by atoms with E-state index in [4.69, 9.17) is 38.4 Å². The van der Waals surface area contributed by atoms with Gasteiger partial charge in [0, 0.05) is 46.9 Å². The highest BCUT2D eigenvalue weighted by Crippen LogP contribution is 2.35. The number of H-pyrrole nitrogens is 1. The molecule has 0 amide bonds. The molecule has 2 aromatic carbocycles. The van der Waals surface area contributed by atoms with Gasteiger partial charge in [0.2, 0.25) is 0 Å². The minimum atomic E-state index is -0.875. The third-order valence-electron chi connectivity index (χ3n) is 5.59. The molecule has 182 valence electrons. The second-order valence-corrected chi connectivity index (χ2v) is 8.77. The van der Waals surface area contributed by atoms with Crippen LogP contribution in [0.4, 0.5) is 5.69 Å². The molecule has 0 fully saturated rings. The molecule has 5 aromatic rings. The first kappa shape index (κ1) is 23.9. The molecule has 0 spiro atoms. The summed E-state index contributed by atoms with van der Waals surface area (Å²) in [7, 11) is 1.63. The van der Waals surface area contributed by atoms with Gasteiger partial charge in [0.1, 0.15) is 17.2 Å². The number of rotatable bonds is 8. The van der Waals surface area contributed by atoms with Gasteiger partial charge in [-0.25, -0.2) is 0 Å². The summed E-state index contributed by atoms with van der Waals surface area (Å²) in [5.41, 5.74) is 11.0. The average Bonchev–Trinajstić information content (AvgIpc) is 3.31. The number of nitrogens with one attached hydrogen (secondary N) is 2. The predicted molar refractivity (Wildman–Crippen MR) is 141 cm³/mol. The number of aromatic amines is 1. The number of methoxy groups -OCH3 is 1. The topological polar surface area (TPSA) is 111 Å². The van der Waals surface area contributed by atoms with Crippen LogP contribution >= 0.6 is 23.2 Å². The highest BCUT2D eigenvalue weighted by Gasteiger charge is 2.18. The number of halogens is 2. The van der Waals surface area contributed by atoms with Gasteiger partial charge in [-0.1, -0.05) is 29.3 Å². The Morgan fingerprint density at radius 3 is 2.61 bits per heavy atom. The Balaban J connectivity index is 1.45. The van der Waals surface area contributed by atoms with Gasteiger partial charge in [-0.3, -0.25) is 20.8 Å². The highest BCUT2D eigenvalue weighted by molar-refractivity contribution is 6.35. The van der Waals surface area contributed by atoms with Gasteiger partial charge in [-0.05, 0) is 42.5 Å². The highest BCUT2D eigenvalue weighted by atomic mass is 35.5. The number of nitrogens with two attached hydrogens (primary N) is 1. The summed E-state index contributed by atoms with van der Waals surface area (Å²) in [5, 5.41) is 12.6. The summed E-state index contributed by atoms with van der Waals surface area (Å²) in [6.45, 7) is 0.574. The maximum absolute atomic E-state index is 6.26. The predicted octanol–water partition coefficient (Wildman–Crippen LogP) is 5.98. The van der Waals surface area contributed by atoms with Crippen molar-refractivity contribution in [2.75, 3.05) is 12.4 Å². The number of ether oxygens (including phenoxy) is 2. The first-order valence-corrected chi connectivity index (χ1v) is 11.8. The number of nitrogens with zero attached hydrogens (tertiary/aromatic N) is 3. The molecule has 5 rings (SSSR count). The van der Waals surface area contributed by atoms with Crippen molar-refractivity contribution >= 4 is 39.8 Å². The van der Waals surface area contributed by atoms with Gasteiger partial charge in [-0.15, -0.1) is 0 Å². The molecule has 0 bridgehead atoms. The second kappa shape index (κ2) is 10.4. The van der Waals surface area contributed by atoms with Crippen molar-refractivity contribution < 1.29 is 9.47 Å². The summed E-state index contributed by atoms with van der Waals surface area (Å²) >= 11 is 12.5. The zero-order chi connectivity index (χ0) is 25.1. The smallest absolute Gasteiger partial charge is 0.177 e. The molecule has 0 saturated carbocycles. The van der Waals surface area contributed by atoms with E-state index in [1.54, 1.807) is 19.4 Å². The van der Waals surface area contributed by atoms with Crippen molar-refractivity contribution in [2.45, 2.75) is 12.8 Å². The van der Waals surface area contributed by atoms with E-state index in [1.165, 1.54) is 12.4 Å². The molecule has 3 aromatic heterocycles. The Morgan fingerprint density at radius 1 is 1.03 bits per heavy atom. The lowest BCUT2D eigenvalue weighted by molar-refractivity contribution is 0.214. The summed E-state index contributed by atoms with van der Waals surface area (Å²) in [5.74, 6) is 1.24. The Morgan fingerprint density at radius 2 is 1.86 bits per heavy atom. The van der Waals surface area contributed by atoms with E-state index in [9.17, 15) is 0 Å². The fraction of sp³-hybridized carbons (Fsp3) is 0.115. The molecule has 8 nitrogen and oxygen atoms in total. The lowest BCUT2D eigenvalue weighted by atomic mass is 10.1. The molecule has 0 aliphatic rings. The molecule has 0 unspecified atom stereocenters. The van der Waals surface area contributed by atoms with Crippen LogP contribution in [-0.2, 0) is 6.54 Å². The number of aromatic nitrogens is 4. The minimum Gasteiger partial charge on any atom is -0.497 e. The van der Waals surface area contributed by atoms with Gasteiger partial charge in [0.05, 0.1) is 34.9 Å². The molecule has 1 atom stereocenters. The van der Waals surface area contributed by atoms with E-state index in [2.05, 4.69) is 25.5 Å². The molecule has 36 heavy (non-hydrogen) atoms. The largest absolute Gasteiger partial charge is 0.497 e. The third-order valence-corrected chi connectivity index (χ3v) is 6.19. The quantitative estimate of drug-likeness (QED) is 0.215. The van der Waals surface area contributed by atoms with E-state index >= 15 is 0 Å². The van der Waals surface area contributed by atoms with Crippen molar-refractivity contribution in [2.24, 2.45) is 5.73 Å². The SMILES string of the molecule is COc1cc(NCc2ccccn2)cc(-c2n[nH]c3ccc(O[C@H](N)c4c(Cl)cncc4Cl)cc23)c1. The van der Waals surface area contributed by atoms with Gasteiger partial charge >= 0.3 is 0 Å². The van der Waals surface area contributed by atoms with Crippen LogP contribution in [0.1, 0.15) is 17.5 Å². The number of anilines is 1. The molecule has 0 aliphatic carbocycles. The summed E-state index contributed by atoms with van der Waals surface area (Å²) < 4.78 is 11.5. The number of pyridine rings is 2. The average molecular weight is 521 g/mol. The van der Waals surface area contributed by atoms with Crippen molar-refractivity contribution in [3.63, 3.8) is 0 Å². The third kappa shape index (κ3) is 5.06. The van der Waals surface area contributed by atoms with Crippen LogP contribution in [0, 0.1) is 0 Å². The Bertz CT molecular complexity index is 1490. The Kier molecular flexibility index (Phi) is 6.90. The van der Waals surface area contributed by atoms with Crippen LogP contribution < -0.4 is 20.5 Å². The lowest BCUT2D eigenvalue weighted by Crippen LogP contribution is -2.18. The van der Waals surface area contributed by atoms with Crippen LogP contribution in [0.25, 0.3) is 22.2 Å². The molecule has 0 radical (unpaired) electrons. The van der Waals surface area contributed by atoms with Crippen LogP contribution in [0.2, 0.25) is 10.0 Å². The zero-order valence-corrected chi connectivity index (χ0v) is 20.7. The van der Waals surface area contributed by atoms with E-state index in [-0.39, 0.29) is 0 Å². The Labute approximate surface area is 217 Å². The van der Waals surface area contributed by atoms with Gasteiger partial charge in [-0.2, -0.15) is 5.10 Å². The molecular formula is C26H22Cl2N6O2. The van der Waals surface area contributed by atoms with Crippen molar-refractivity contribution in [3.8, 4) is 22.8 Å². The maximum Gasteiger partial charge on any atom is 0.177 e. The minimum absolute atomic E-state index is 0.335. The first-order chi connectivity index (χ1) is 17.5. The van der Waals surface area contributed by atoms with Crippen LogP contribution in [0.5, 0.6) is 11.5 Å². The number of hydrogen-bond donors (Lipinski definition) is 3. The first-order valence-electron chi connectivity index (χ1n) is 11.0. The van der Waals surface area contributed by atoms with Crippen molar-refractivity contribution in [1.29, 1.82) is 0 Å². The number of hydrogen-bond acceptors (Lipinski definition) is 7. The maximum atomic E-state index is 6.26. The van der Waals surface area contributed by atoms with Crippen molar-refractivity contribution in [1.82, 2.24) is 20.2 Å². The van der Waals surface area contributed by atoms with Crippen LogP contribution in [0.15, 0.2) is 73.2 Å². The second-order valence-electron chi connectivity index (χ2n) is 7.96. The molecule has 3 heterocycles. The fourth-order valence-corrected chi connectivity index (χ4v) is 4.42. The zero-order valence-electron chi connectivity index (χ0n) is 19.2. The fourth-order valence-electron chi connectivity index (χ4n) is 3.84. The summed E-state index contributed by atoms with van der Waals surface area (Å²) in [4.78, 5) is 8.32. The summed E-state index contributed by atoms with van der Waals surface area (Å²) in [6.07, 6.45) is 3.85. The monoisotopic (exact) mass is 520 g/mol. The Hall–Kier alpha value is -3.85. The molecular weight excluding hydrogens is 499 g/mol. The van der Waals surface area contributed by atoms with E-state index < -0.39 is 6.23 Å². The van der Waals surface area contributed by atoms with E-state index in [0.717, 1.165) is 33.5 Å². The molecule has 10 heteroatoms. The van der Waals surface area contributed by atoms with Crippen molar-refractivity contribution in [3.05, 3.63) is 94.5 Å². The molecule has 4 N–H and O–H groups in total. The van der Waals surface area contributed by atoms with Crippen LogP contribution in [-0.4, -0.2) is 27.3 Å². The van der Waals surface area contributed by atoms with Gasteiger partial charge < -0.3 is 14.8 Å². The molecule has 0 aliphatic heterocycles. The molecule has 0 saturated heterocycles. The van der Waals surface area contributed by atoms with Gasteiger partial charge in [0.25, 0.3) is 0 Å². The lowest BCUT2D eigenvalue weighted by Gasteiger charge is -2.17. The number of fused-ring (bicyclic) bond motifs is 1. The normalized spacial score (nSPS) is 11.9.